The van der Waals surface area contributed by atoms with Crippen LogP contribution in [0.2, 0.25) is 10.0 Å². The van der Waals surface area contributed by atoms with E-state index in [1.165, 1.54) is 31.4 Å². The average molecular weight is 548 g/mol. The van der Waals surface area contributed by atoms with E-state index >= 15 is 0 Å². The third-order valence-corrected chi connectivity index (χ3v) is 7.50. The van der Waals surface area contributed by atoms with Crippen LogP contribution in [0.1, 0.15) is 35.9 Å². The summed E-state index contributed by atoms with van der Waals surface area (Å²) < 4.78 is 35.4. The Morgan fingerprint density at radius 3 is 2.50 bits per heavy atom. The highest BCUT2D eigenvalue weighted by Gasteiger charge is 2.20. The Morgan fingerprint density at radius 1 is 1.08 bits per heavy atom. The number of pyridine rings is 1. The lowest BCUT2D eigenvalue weighted by Gasteiger charge is -2.15. The number of nitrogens with zero attached hydrogens (tertiary/aromatic N) is 3. The molecule has 0 radical (unpaired) electrons. The number of aryl methyl sites for hydroxylation is 1. The molecule has 12 heteroatoms. The number of anilines is 2. The fourth-order valence-electron chi connectivity index (χ4n) is 3.59. The summed E-state index contributed by atoms with van der Waals surface area (Å²) in [5.41, 5.74) is 2.09. The molecule has 0 aliphatic carbocycles. The Kier molecular flexibility index (Phi) is 7.12. The van der Waals surface area contributed by atoms with E-state index in [0.29, 0.717) is 22.6 Å². The van der Waals surface area contributed by atoms with Gasteiger partial charge in [-0.1, -0.05) is 23.2 Å². The number of halogens is 2. The van der Waals surface area contributed by atoms with Crippen molar-refractivity contribution in [2.24, 2.45) is 0 Å². The predicted molar refractivity (Wildman–Crippen MR) is 141 cm³/mol. The van der Waals surface area contributed by atoms with Crippen molar-refractivity contribution in [3.63, 3.8) is 0 Å². The van der Waals surface area contributed by atoms with Gasteiger partial charge in [0.2, 0.25) is 0 Å². The molecule has 2 heterocycles. The first-order valence-electron chi connectivity index (χ1n) is 10.8. The number of methoxy groups -OCH3 is 1. The number of aromatic nitrogens is 3. The standard InChI is InChI=1S/C24H23Cl2N5O4S/c1-13(2)31-23-15(12-27-31)9-18(14(3)28-23)24(32)29-16-5-8-22(35-4)21(10-16)30-36(33,34)17-6-7-19(25)20(26)11-17/h5-13,30H,1-4H3,(H,29,32). The average Bonchev–Trinajstić information content (AvgIpc) is 3.23. The van der Waals surface area contributed by atoms with Crippen molar-refractivity contribution in [3.8, 4) is 5.75 Å². The molecule has 2 N–H and O–H groups in total. The number of hydrogen-bond donors (Lipinski definition) is 2. The molecule has 0 fully saturated rings. The molecule has 36 heavy (non-hydrogen) atoms. The number of amides is 1. The highest BCUT2D eigenvalue weighted by molar-refractivity contribution is 7.92. The first kappa shape index (κ1) is 25.7. The molecule has 4 aromatic rings. The Balaban J connectivity index is 1.62. The summed E-state index contributed by atoms with van der Waals surface area (Å²) in [4.78, 5) is 17.6. The predicted octanol–water partition coefficient (Wildman–Crippen LogP) is 5.69. The third kappa shape index (κ3) is 5.11. The number of ether oxygens (including phenoxy) is 1. The van der Waals surface area contributed by atoms with Gasteiger partial charge in [-0.3, -0.25) is 9.52 Å². The molecule has 0 aliphatic heterocycles. The van der Waals surface area contributed by atoms with Crippen LogP contribution in [0.15, 0.2) is 53.6 Å². The molecule has 2 aromatic carbocycles. The minimum absolute atomic E-state index is 0.0784. The van der Waals surface area contributed by atoms with Crippen LogP contribution in [0.4, 0.5) is 11.4 Å². The Labute approximate surface area is 218 Å². The second kappa shape index (κ2) is 9.96. The molecule has 0 spiro atoms. The van der Waals surface area contributed by atoms with E-state index in [0.717, 1.165) is 5.39 Å². The van der Waals surface area contributed by atoms with Crippen molar-refractivity contribution in [1.29, 1.82) is 0 Å². The number of rotatable bonds is 7. The van der Waals surface area contributed by atoms with Gasteiger partial charge in [0, 0.05) is 17.1 Å². The van der Waals surface area contributed by atoms with Gasteiger partial charge in [0.15, 0.2) is 5.65 Å². The molecule has 0 aliphatic rings. The summed E-state index contributed by atoms with van der Waals surface area (Å²) in [5.74, 6) is -0.139. The topological polar surface area (TPSA) is 115 Å². The summed E-state index contributed by atoms with van der Waals surface area (Å²) in [6.07, 6.45) is 1.67. The van der Waals surface area contributed by atoms with E-state index in [4.69, 9.17) is 27.9 Å². The number of benzene rings is 2. The fourth-order valence-corrected chi connectivity index (χ4v) is 5.03. The van der Waals surface area contributed by atoms with E-state index in [1.807, 2.05) is 13.8 Å². The highest BCUT2D eigenvalue weighted by atomic mass is 35.5. The summed E-state index contributed by atoms with van der Waals surface area (Å²) in [6, 6.07) is 10.4. The maximum Gasteiger partial charge on any atom is 0.262 e. The van der Waals surface area contributed by atoms with Crippen LogP contribution < -0.4 is 14.8 Å². The number of carbonyl (C=O) groups excluding carboxylic acids is 1. The van der Waals surface area contributed by atoms with Gasteiger partial charge in [-0.2, -0.15) is 5.10 Å². The molecule has 188 valence electrons. The fraction of sp³-hybridized carbons (Fsp3) is 0.208. The Morgan fingerprint density at radius 2 is 1.83 bits per heavy atom. The van der Waals surface area contributed by atoms with Crippen LogP contribution in [0.25, 0.3) is 11.0 Å². The number of nitrogens with one attached hydrogen (secondary N) is 2. The van der Waals surface area contributed by atoms with E-state index < -0.39 is 15.9 Å². The third-order valence-electron chi connectivity index (χ3n) is 5.40. The molecule has 9 nitrogen and oxygen atoms in total. The molecule has 0 unspecified atom stereocenters. The van der Waals surface area contributed by atoms with Gasteiger partial charge in [-0.25, -0.2) is 18.1 Å². The van der Waals surface area contributed by atoms with Crippen molar-refractivity contribution in [2.45, 2.75) is 31.7 Å². The van der Waals surface area contributed by atoms with Gasteiger partial charge in [-0.05, 0) is 63.2 Å². The lowest BCUT2D eigenvalue weighted by Crippen LogP contribution is -2.16. The SMILES string of the molecule is COc1ccc(NC(=O)c2cc3cnn(C(C)C)c3nc2C)cc1NS(=O)(=O)c1ccc(Cl)c(Cl)c1. The van der Waals surface area contributed by atoms with Crippen LogP contribution in [0.3, 0.4) is 0 Å². The van der Waals surface area contributed by atoms with Gasteiger partial charge in [0.1, 0.15) is 5.75 Å². The minimum atomic E-state index is -4.02. The second-order valence-corrected chi connectivity index (χ2v) is 10.8. The molecule has 2 aromatic heterocycles. The summed E-state index contributed by atoms with van der Waals surface area (Å²) >= 11 is 11.9. The van der Waals surface area contributed by atoms with E-state index in [-0.39, 0.29) is 32.4 Å². The van der Waals surface area contributed by atoms with Crippen molar-refractivity contribution >= 4 is 61.5 Å². The highest BCUT2D eigenvalue weighted by Crippen LogP contribution is 2.32. The Hall–Kier alpha value is -3.34. The van der Waals surface area contributed by atoms with Crippen LogP contribution in [-0.2, 0) is 10.0 Å². The summed E-state index contributed by atoms with van der Waals surface area (Å²) in [7, 11) is -2.61. The van der Waals surface area contributed by atoms with Crippen molar-refractivity contribution in [2.75, 3.05) is 17.1 Å². The van der Waals surface area contributed by atoms with E-state index in [2.05, 4.69) is 20.1 Å². The zero-order chi connectivity index (χ0) is 26.2. The molecule has 0 saturated carbocycles. The van der Waals surface area contributed by atoms with Gasteiger partial charge < -0.3 is 10.1 Å². The first-order valence-corrected chi connectivity index (χ1v) is 13.1. The number of hydrogen-bond acceptors (Lipinski definition) is 6. The van der Waals surface area contributed by atoms with Crippen molar-refractivity contribution in [3.05, 3.63) is 70.0 Å². The van der Waals surface area contributed by atoms with Crippen LogP contribution in [0, 0.1) is 6.92 Å². The smallest absolute Gasteiger partial charge is 0.262 e. The van der Waals surface area contributed by atoms with Gasteiger partial charge in [0.25, 0.3) is 15.9 Å². The van der Waals surface area contributed by atoms with Gasteiger partial charge >= 0.3 is 0 Å². The number of sulfonamides is 1. The summed E-state index contributed by atoms with van der Waals surface area (Å²) in [6.45, 7) is 5.75. The normalized spacial score (nSPS) is 11.6. The van der Waals surface area contributed by atoms with Crippen LogP contribution in [0.5, 0.6) is 5.75 Å². The van der Waals surface area contributed by atoms with Crippen molar-refractivity contribution < 1.29 is 17.9 Å². The zero-order valence-electron chi connectivity index (χ0n) is 19.8. The maximum atomic E-state index is 13.1. The van der Waals surface area contributed by atoms with Crippen molar-refractivity contribution in [1.82, 2.24) is 14.8 Å². The molecule has 4 rings (SSSR count). The maximum absolute atomic E-state index is 13.1. The van der Waals surface area contributed by atoms with Gasteiger partial charge in [0.05, 0.1) is 45.2 Å². The molecular formula is C24H23Cl2N5O4S. The number of carbonyl (C=O) groups is 1. The van der Waals surface area contributed by atoms with E-state index in [9.17, 15) is 13.2 Å². The largest absolute Gasteiger partial charge is 0.495 e. The second-order valence-electron chi connectivity index (χ2n) is 8.27. The Bertz CT molecular complexity index is 1590. The molecule has 0 saturated heterocycles. The van der Waals surface area contributed by atoms with E-state index in [1.54, 1.807) is 36.0 Å². The monoisotopic (exact) mass is 547 g/mol. The molecular weight excluding hydrogens is 525 g/mol. The zero-order valence-corrected chi connectivity index (χ0v) is 22.2. The number of fused-ring (bicyclic) bond motifs is 1. The minimum Gasteiger partial charge on any atom is -0.495 e. The summed E-state index contributed by atoms with van der Waals surface area (Å²) in [5, 5.41) is 8.22. The quantitative estimate of drug-likeness (QED) is 0.307. The van der Waals surface area contributed by atoms with Crippen LogP contribution >= 0.6 is 23.2 Å². The van der Waals surface area contributed by atoms with Gasteiger partial charge in [-0.15, -0.1) is 0 Å². The lowest BCUT2D eigenvalue weighted by molar-refractivity contribution is 0.102. The lowest BCUT2D eigenvalue weighted by atomic mass is 10.1. The first-order chi connectivity index (χ1) is 17.0. The van der Waals surface area contributed by atoms with Crippen LogP contribution in [-0.4, -0.2) is 36.2 Å². The molecule has 0 atom stereocenters. The molecule has 1 amide bonds. The molecule has 0 bridgehead atoms.